The van der Waals surface area contributed by atoms with E-state index in [4.69, 9.17) is 0 Å². The Morgan fingerprint density at radius 3 is 2.75 bits per heavy atom. The summed E-state index contributed by atoms with van der Waals surface area (Å²) < 4.78 is 0. The molecule has 0 unspecified atom stereocenters. The Morgan fingerprint density at radius 2 is 2.05 bits per heavy atom. The highest BCUT2D eigenvalue weighted by Crippen LogP contribution is 2.21. The van der Waals surface area contributed by atoms with Crippen molar-refractivity contribution in [1.29, 1.82) is 0 Å². The first kappa shape index (κ1) is 14.0. The van der Waals surface area contributed by atoms with Crippen molar-refractivity contribution in [3.05, 3.63) is 30.1 Å². The van der Waals surface area contributed by atoms with Gasteiger partial charge in [-0.2, -0.15) is 0 Å². The van der Waals surface area contributed by atoms with Crippen LogP contribution in [0.3, 0.4) is 0 Å². The molecule has 2 atom stereocenters. The summed E-state index contributed by atoms with van der Waals surface area (Å²) in [7, 11) is 0. The fourth-order valence-electron chi connectivity index (χ4n) is 4.11. The van der Waals surface area contributed by atoms with Gasteiger partial charge in [0.25, 0.3) is 0 Å². The zero-order valence-electron chi connectivity index (χ0n) is 12.8. The van der Waals surface area contributed by atoms with E-state index >= 15 is 0 Å². The van der Waals surface area contributed by atoms with Crippen molar-refractivity contribution < 1.29 is 9.80 Å². The summed E-state index contributed by atoms with van der Waals surface area (Å²) >= 11 is 0. The van der Waals surface area contributed by atoms with Crippen LogP contribution in [-0.4, -0.2) is 37.2 Å². The van der Waals surface area contributed by atoms with Gasteiger partial charge in [0, 0.05) is 24.4 Å². The molecule has 0 spiro atoms. The zero-order valence-corrected chi connectivity index (χ0v) is 12.8. The average Bonchev–Trinajstić information content (AvgIpc) is 2.49. The van der Waals surface area contributed by atoms with Gasteiger partial charge in [-0.25, -0.2) is 0 Å². The standard InChI is InChI=1S/C17H27N3/c1-15-4-2-6-17(12-15)20-10-8-19(9-11-20)14-16-5-3-7-18-13-16/h3,5,7,13,15,17H,2,4,6,8-12,14H2,1H3/p+2/t15-,17+/m1/s1. The van der Waals surface area contributed by atoms with Gasteiger partial charge in [0.15, 0.2) is 0 Å². The van der Waals surface area contributed by atoms with Crippen LogP contribution in [0.5, 0.6) is 0 Å². The Balaban J connectivity index is 1.47. The maximum Gasteiger partial charge on any atom is 0.127 e. The predicted molar refractivity (Wildman–Crippen MR) is 80.8 cm³/mol. The van der Waals surface area contributed by atoms with Gasteiger partial charge in [-0.15, -0.1) is 0 Å². The lowest BCUT2D eigenvalue weighted by Crippen LogP contribution is -3.29. The van der Waals surface area contributed by atoms with Crippen molar-refractivity contribution in [2.45, 2.75) is 45.2 Å². The van der Waals surface area contributed by atoms with Gasteiger partial charge >= 0.3 is 0 Å². The quantitative estimate of drug-likeness (QED) is 0.793. The van der Waals surface area contributed by atoms with E-state index in [0.717, 1.165) is 18.5 Å². The zero-order chi connectivity index (χ0) is 13.8. The van der Waals surface area contributed by atoms with Crippen LogP contribution in [-0.2, 0) is 6.54 Å². The van der Waals surface area contributed by atoms with E-state index in [9.17, 15) is 0 Å². The van der Waals surface area contributed by atoms with Crippen molar-refractivity contribution in [2.24, 2.45) is 5.92 Å². The lowest BCUT2D eigenvalue weighted by molar-refractivity contribution is -1.03. The summed E-state index contributed by atoms with van der Waals surface area (Å²) in [6, 6.07) is 5.22. The van der Waals surface area contributed by atoms with Crippen molar-refractivity contribution in [2.75, 3.05) is 26.2 Å². The number of piperazine rings is 1. The van der Waals surface area contributed by atoms with Gasteiger partial charge in [-0.1, -0.05) is 19.4 Å². The first-order valence-corrected chi connectivity index (χ1v) is 8.38. The lowest BCUT2D eigenvalue weighted by Gasteiger charge is -2.37. The van der Waals surface area contributed by atoms with Crippen LogP contribution in [0.15, 0.2) is 24.5 Å². The van der Waals surface area contributed by atoms with Crippen LogP contribution < -0.4 is 9.80 Å². The van der Waals surface area contributed by atoms with Crippen molar-refractivity contribution in [3.63, 3.8) is 0 Å². The Morgan fingerprint density at radius 1 is 1.20 bits per heavy atom. The van der Waals surface area contributed by atoms with E-state index < -0.39 is 0 Å². The molecule has 0 bridgehead atoms. The van der Waals surface area contributed by atoms with E-state index in [1.54, 1.807) is 4.90 Å². The van der Waals surface area contributed by atoms with Gasteiger partial charge in [-0.05, 0) is 24.8 Å². The third-order valence-corrected chi connectivity index (χ3v) is 5.29. The first-order chi connectivity index (χ1) is 9.81. The minimum absolute atomic E-state index is 0.957. The molecule has 1 aromatic rings. The number of quaternary nitrogens is 2. The van der Waals surface area contributed by atoms with E-state index in [2.05, 4.69) is 24.0 Å². The Kier molecular flexibility index (Phi) is 4.69. The van der Waals surface area contributed by atoms with Gasteiger partial charge in [-0.3, -0.25) is 4.98 Å². The second-order valence-corrected chi connectivity index (χ2v) is 6.91. The Hall–Kier alpha value is -0.930. The molecule has 1 aliphatic carbocycles. The van der Waals surface area contributed by atoms with E-state index in [0.29, 0.717) is 0 Å². The molecule has 0 amide bonds. The van der Waals surface area contributed by atoms with Crippen molar-refractivity contribution >= 4 is 0 Å². The molecular formula is C17H29N3+2. The van der Waals surface area contributed by atoms with E-state index in [1.807, 2.05) is 17.3 Å². The second-order valence-electron chi connectivity index (χ2n) is 6.91. The highest BCUT2D eigenvalue weighted by molar-refractivity contribution is 5.06. The number of pyridine rings is 1. The molecule has 0 aromatic carbocycles. The maximum atomic E-state index is 4.23. The molecule has 3 rings (SSSR count). The summed E-state index contributed by atoms with van der Waals surface area (Å²) in [5.74, 6) is 0.960. The highest BCUT2D eigenvalue weighted by Gasteiger charge is 2.32. The van der Waals surface area contributed by atoms with Gasteiger partial charge in [0.2, 0.25) is 0 Å². The van der Waals surface area contributed by atoms with E-state index in [1.165, 1.54) is 57.4 Å². The van der Waals surface area contributed by atoms with Gasteiger partial charge in [0.1, 0.15) is 32.7 Å². The summed E-state index contributed by atoms with van der Waals surface area (Å²) in [5.41, 5.74) is 1.39. The fourth-order valence-corrected chi connectivity index (χ4v) is 4.11. The average molecular weight is 275 g/mol. The molecule has 1 aliphatic heterocycles. The van der Waals surface area contributed by atoms with Crippen molar-refractivity contribution in [3.8, 4) is 0 Å². The maximum absolute atomic E-state index is 4.23. The number of aromatic nitrogens is 1. The van der Waals surface area contributed by atoms with Crippen LogP contribution in [0.2, 0.25) is 0 Å². The molecule has 1 saturated heterocycles. The Bertz CT molecular complexity index is 398. The highest BCUT2D eigenvalue weighted by atomic mass is 15.3. The van der Waals surface area contributed by atoms with Crippen LogP contribution in [0.1, 0.15) is 38.2 Å². The number of hydrogen-bond acceptors (Lipinski definition) is 1. The topological polar surface area (TPSA) is 21.8 Å². The van der Waals surface area contributed by atoms with Crippen LogP contribution in [0, 0.1) is 5.92 Å². The van der Waals surface area contributed by atoms with Gasteiger partial charge in [0.05, 0.1) is 6.04 Å². The normalized spacial score (nSPS) is 34.9. The summed E-state index contributed by atoms with van der Waals surface area (Å²) in [4.78, 5) is 7.86. The van der Waals surface area contributed by atoms with Crippen molar-refractivity contribution in [1.82, 2.24) is 4.98 Å². The summed E-state index contributed by atoms with van der Waals surface area (Å²) in [5, 5.41) is 0. The molecule has 1 aromatic heterocycles. The monoisotopic (exact) mass is 275 g/mol. The lowest BCUT2D eigenvalue weighted by atomic mass is 9.86. The molecule has 3 nitrogen and oxygen atoms in total. The summed E-state index contributed by atoms with van der Waals surface area (Å²) in [6.45, 7) is 8.99. The molecule has 2 heterocycles. The van der Waals surface area contributed by atoms with Crippen LogP contribution in [0.4, 0.5) is 0 Å². The third-order valence-electron chi connectivity index (χ3n) is 5.29. The molecule has 2 N–H and O–H groups in total. The molecule has 3 heteroatoms. The molecule has 2 fully saturated rings. The first-order valence-electron chi connectivity index (χ1n) is 8.38. The second kappa shape index (κ2) is 6.68. The molecule has 0 radical (unpaired) electrons. The minimum atomic E-state index is 0.957. The molecule has 20 heavy (non-hydrogen) atoms. The molecule has 2 aliphatic rings. The molecular weight excluding hydrogens is 246 g/mol. The van der Waals surface area contributed by atoms with Crippen LogP contribution in [0.25, 0.3) is 0 Å². The minimum Gasteiger partial charge on any atom is -0.323 e. The molecule has 110 valence electrons. The SMILES string of the molecule is C[C@@H]1CCC[C@H]([NH+]2CC[NH+](Cc3cccnc3)CC2)C1. The number of nitrogens with one attached hydrogen (secondary N) is 2. The summed E-state index contributed by atoms with van der Waals surface area (Å²) in [6.07, 6.45) is 9.74. The Labute approximate surface area is 123 Å². The smallest absolute Gasteiger partial charge is 0.127 e. The predicted octanol–water partition coefficient (Wildman–Crippen LogP) is -0.0563. The number of rotatable bonds is 3. The largest absolute Gasteiger partial charge is 0.323 e. The van der Waals surface area contributed by atoms with Crippen LogP contribution >= 0.6 is 0 Å². The third kappa shape index (κ3) is 3.58. The fraction of sp³-hybridized carbons (Fsp3) is 0.706. The molecule has 1 saturated carbocycles. The number of nitrogens with zero attached hydrogens (tertiary/aromatic N) is 1. The van der Waals surface area contributed by atoms with Gasteiger partial charge < -0.3 is 9.80 Å². The van der Waals surface area contributed by atoms with E-state index in [-0.39, 0.29) is 0 Å². The number of hydrogen-bond donors (Lipinski definition) is 2.